The maximum Gasteiger partial charge on any atom is 0.122 e. The van der Waals surface area contributed by atoms with Crippen molar-refractivity contribution in [3.8, 4) is 11.8 Å². The van der Waals surface area contributed by atoms with Crippen molar-refractivity contribution in [1.29, 1.82) is 5.26 Å². The highest BCUT2D eigenvalue weighted by Gasteiger charge is 2.14. The fraction of sp³-hybridized carbons (Fsp3) is 0.286. The Labute approximate surface area is 119 Å². The van der Waals surface area contributed by atoms with Crippen molar-refractivity contribution in [2.24, 2.45) is 0 Å². The molecule has 0 saturated heterocycles. The van der Waals surface area contributed by atoms with Crippen LogP contribution in [0.2, 0.25) is 0 Å². The number of hydrogen-bond acceptors (Lipinski definition) is 4. The summed E-state index contributed by atoms with van der Waals surface area (Å²) in [5, 5.41) is 19.5. The largest absolute Gasteiger partial charge is 0.490 e. The molecular weight excluding hydrogens is 308 g/mol. The maximum absolute atomic E-state index is 9.65. The number of hydrogen-bond donors (Lipinski definition) is 1. The average Bonchev–Trinajstić information content (AvgIpc) is 2.34. The molecular formula is C14H13BrN2O2. The molecule has 0 aliphatic heterocycles. The third kappa shape index (κ3) is 3.22. The van der Waals surface area contributed by atoms with Crippen molar-refractivity contribution >= 4 is 26.8 Å². The summed E-state index contributed by atoms with van der Waals surface area (Å²) in [6.07, 6.45) is 1.59. The fourth-order valence-corrected chi connectivity index (χ4v) is 2.29. The van der Waals surface area contributed by atoms with Crippen LogP contribution in [0.1, 0.15) is 19.4 Å². The van der Waals surface area contributed by atoms with E-state index in [-0.39, 0.29) is 6.61 Å². The van der Waals surface area contributed by atoms with E-state index in [1.54, 1.807) is 38.2 Å². The van der Waals surface area contributed by atoms with Crippen LogP contribution in [0.25, 0.3) is 10.9 Å². The molecule has 98 valence electrons. The van der Waals surface area contributed by atoms with E-state index in [2.05, 4.69) is 27.0 Å². The number of aromatic nitrogens is 1. The van der Waals surface area contributed by atoms with Gasteiger partial charge in [-0.2, -0.15) is 5.26 Å². The number of nitrogens with zero attached hydrogens (tertiary/aromatic N) is 2. The van der Waals surface area contributed by atoms with Gasteiger partial charge in [-0.3, -0.25) is 4.98 Å². The van der Waals surface area contributed by atoms with E-state index in [1.165, 1.54) is 0 Å². The second kappa shape index (κ2) is 5.16. The molecule has 0 atom stereocenters. The van der Waals surface area contributed by atoms with Gasteiger partial charge in [0.25, 0.3) is 0 Å². The van der Waals surface area contributed by atoms with Crippen LogP contribution in [0.4, 0.5) is 0 Å². The van der Waals surface area contributed by atoms with Crippen LogP contribution in [-0.4, -0.2) is 22.3 Å². The lowest BCUT2D eigenvalue weighted by atomic mass is 10.1. The molecule has 0 radical (unpaired) electrons. The molecule has 2 rings (SSSR count). The fourth-order valence-electron chi connectivity index (χ4n) is 1.65. The SMILES string of the molecule is CC(C)(O)COc1cc(Br)c2c(C#N)ccnc2c1. The van der Waals surface area contributed by atoms with Crippen molar-refractivity contribution < 1.29 is 9.84 Å². The van der Waals surface area contributed by atoms with Gasteiger partial charge in [0.05, 0.1) is 22.8 Å². The molecule has 0 spiro atoms. The zero-order valence-corrected chi connectivity index (χ0v) is 12.2. The topological polar surface area (TPSA) is 66.1 Å². The van der Waals surface area contributed by atoms with Crippen LogP contribution in [-0.2, 0) is 0 Å². The van der Waals surface area contributed by atoms with Crippen molar-refractivity contribution in [3.05, 3.63) is 34.4 Å². The Morgan fingerprint density at radius 3 is 2.84 bits per heavy atom. The zero-order valence-electron chi connectivity index (χ0n) is 10.6. The highest BCUT2D eigenvalue weighted by atomic mass is 79.9. The predicted molar refractivity (Wildman–Crippen MR) is 76.0 cm³/mol. The van der Waals surface area contributed by atoms with Crippen LogP contribution >= 0.6 is 15.9 Å². The van der Waals surface area contributed by atoms with Crippen LogP contribution in [0.15, 0.2) is 28.9 Å². The van der Waals surface area contributed by atoms with Crippen molar-refractivity contribution in [3.63, 3.8) is 0 Å². The average molecular weight is 321 g/mol. The second-order valence-electron chi connectivity index (χ2n) is 4.87. The summed E-state index contributed by atoms with van der Waals surface area (Å²) in [6.45, 7) is 3.53. The third-order valence-corrected chi connectivity index (χ3v) is 3.11. The van der Waals surface area contributed by atoms with Gasteiger partial charge < -0.3 is 9.84 Å². The van der Waals surface area contributed by atoms with Crippen molar-refractivity contribution in [2.45, 2.75) is 19.4 Å². The minimum atomic E-state index is -0.899. The lowest BCUT2D eigenvalue weighted by molar-refractivity contribution is 0.0285. The molecule has 0 aliphatic carbocycles. The molecule has 0 fully saturated rings. The Bertz CT molecular complexity index is 657. The predicted octanol–water partition coefficient (Wildman–Crippen LogP) is 3.02. The Morgan fingerprint density at radius 1 is 1.47 bits per heavy atom. The van der Waals surface area contributed by atoms with Gasteiger partial charge in [0.2, 0.25) is 0 Å². The first-order chi connectivity index (χ1) is 8.90. The van der Waals surface area contributed by atoms with E-state index in [9.17, 15) is 5.11 Å². The normalized spacial score (nSPS) is 11.3. The molecule has 19 heavy (non-hydrogen) atoms. The third-order valence-electron chi connectivity index (χ3n) is 2.48. The summed E-state index contributed by atoms with van der Waals surface area (Å²) in [5.41, 5.74) is 0.341. The molecule has 0 amide bonds. The molecule has 1 N–H and O–H groups in total. The van der Waals surface area contributed by atoms with Crippen molar-refractivity contribution in [2.75, 3.05) is 6.61 Å². The lowest BCUT2D eigenvalue weighted by Crippen LogP contribution is -2.27. The molecule has 2 aromatic rings. The molecule has 0 bridgehead atoms. The highest BCUT2D eigenvalue weighted by Crippen LogP contribution is 2.30. The smallest absolute Gasteiger partial charge is 0.122 e. The highest BCUT2D eigenvalue weighted by molar-refractivity contribution is 9.10. The van der Waals surface area contributed by atoms with Crippen LogP contribution in [0.5, 0.6) is 5.75 Å². The number of nitriles is 1. The molecule has 1 aromatic carbocycles. The molecule has 0 aliphatic rings. The van der Waals surface area contributed by atoms with Gasteiger partial charge in [-0.25, -0.2) is 0 Å². The number of benzene rings is 1. The molecule has 5 heteroatoms. The van der Waals surface area contributed by atoms with Gasteiger partial charge in [-0.15, -0.1) is 0 Å². The Morgan fingerprint density at radius 2 is 2.21 bits per heavy atom. The first-order valence-electron chi connectivity index (χ1n) is 5.74. The monoisotopic (exact) mass is 320 g/mol. The van der Waals surface area contributed by atoms with Crippen LogP contribution < -0.4 is 4.74 Å². The van der Waals surface area contributed by atoms with E-state index in [1.807, 2.05) is 0 Å². The minimum Gasteiger partial charge on any atom is -0.490 e. The van der Waals surface area contributed by atoms with Gasteiger partial charge in [-0.1, -0.05) is 0 Å². The molecule has 0 saturated carbocycles. The van der Waals surface area contributed by atoms with E-state index >= 15 is 0 Å². The first-order valence-corrected chi connectivity index (χ1v) is 6.53. The summed E-state index contributed by atoms with van der Waals surface area (Å²) >= 11 is 3.43. The number of ether oxygens (including phenoxy) is 1. The second-order valence-corrected chi connectivity index (χ2v) is 5.72. The minimum absolute atomic E-state index is 0.183. The summed E-state index contributed by atoms with van der Waals surface area (Å²) in [7, 11) is 0. The first kappa shape index (κ1) is 13.8. The number of rotatable bonds is 3. The molecule has 1 heterocycles. The molecule has 1 aromatic heterocycles. The molecule has 4 nitrogen and oxygen atoms in total. The summed E-state index contributed by atoms with van der Waals surface area (Å²) < 4.78 is 6.28. The van der Waals surface area contributed by atoms with Gasteiger partial charge >= 0.3 is 0 Å². The summed E-state index contributed by atoms with van der Waals surface area (Å²) in [5.74, 6) is 0.601. The van der Waals surface area contributed by atoms with Crippen LogP contribution in [0.3, 0.4) is 0 Å². The Balaban J connectivity index is 2.43. The van der Waals surface area contributed by atoms with Crippen LogP contribution in [0, 0.1) is 11.3 Å². The molecule has 0 unspecified atom stereocenters. The Hall–Kier alpha value is -1.64. The van der Waals surface area contributed by atoms with E-state index in [4.69, 9.17) is 10.00 Å². The number of pyridine rings is 1. The van der Waals surface area contributed by atoms with E-state index < -0.39 is 5.60 Å². The number of aliphatic hydroxyl groups is 1. The summed E-state index contributed by atoms with van der Waals surface area (Å²) in [4.78, 5) is 4.23. The number of fused-ring (bicyclic) bond motifs is 1. The van der Waals surface area contributed by atoms with E-state index in [0.29, 0.717) is 16.8 Å². The Kier molecular flexibility index (Phi) is 3.74. The van der Waals surface area contributed by atoms with Gasteiger partial charge in [0.15, 0.2) is 0 Å². The standard InChI is InChI=1S/C14H13BrN2O2/c1-14(2,18)8-19-10-5-11(15)13-9(7-16)3-4-17-12(13)6-10/h3-6,18H,8H2,1-2H3. The van der Waals surface area contributed by atoms with Crippen molar-refractivity contribution in [1.82, 2.24) is 4.98 Å². The quantitative estimate of drug-likeness (QED) is 0.944. The summed E-state index contributed by atoms with van der Waals surface area (Å²) in [6, 6.07) is 7.34. The van der Waals surface area contributed by atoms with Gasteiger partial charge in [-0.05, 0) is 41.9 Å². The zero-order chi connectivity index (χ0) is 14.0. The van der Waals surface area contributed by atoms with E-state index in [0.717, 1.165) is 9.86 Å². The van der Waals surface area contributed by atoms with Gasteiger partial charge in [0, 0.05) is 22.1 Å². The van der Waals surface area contributed by atoms with Gasteiger partial charge in [0.1, 0.15) is 12.4 Å². The maximum atomic E-state index is 9.65. The number of halogens is 1. The lowest BCUT2D eigenvalue weighted by Gasteiger charge is -2.18.